The van der Waals surface area contributed by atoms with Crippen LogP contribution in [0.15, 0.2) is 6.07 Å². The van der Waals surface area contributed by atoms with E-state index in [1.165, 1.54) is 0 Å². The molecule has 0 spiro atoms. The Hall–Kier alpha value is -0.740. The van der Waals surface area contributed by atoms with Crippen LogP contribution >= 0.6 is 12.2 Å². The molecule has 0 atom stereocenters. The maximum atomic E-state index is 5.19. The van der Waals surface area contributed by atoms with E-state index in [9.17, 15) is 0 Å². The van der Waals surface area contributed by atoms with Crippen molar-refractivity contribution in [2.24, 2.45) is 0 Å². The molecule has 66 valence electrons. The van der Waals surface area contributed by atoms with Crippen molar-refractivity contribution in [2.75, 3.05) is 6.61 Å². The Labute approximate surface area is 76.8 Å². The van der Waals surface area contributed by atoms with Gasteiger partial charge in [-0.05, 0) is 19.9 Å². The molecule has 1 heterocycles. The van der Waals surface area contributed by atoms with Gasteiger partial charge < -0.3 is 9.72 Å². The summed E-state index contributed by atoms with van der Waals surface area (Å²) in [6, 6.07) is 1.82. The number of rotatable bonds is 3. The Morgan fingerprint density at radius 3 is 3.00 bits per heavy atom. The first-order chi connectivity index (χ1) is 5.72. The Balaban J connectivity index is 2.79. The summed E-state index contributed by atoms with van der Waals surface area (Å²) in [7, 11) is 0. The minimum Gasteiger partial charge on any atom is -0.374 e. The van der Waals surface area contributed by atoms with Crippen LogP contribution in [-0.2, 0) is 11.3 Å². The lowest BCUT2D eigenvalue weighted by atomic mass is 10.4. The average Bonchev–Trinajstić information content (AvgIpc) is 1.99. The van der Waals surface area contributed by atoms with Gasteiger partial charge in [0.1, 0.15) is 17.1 Å². The lowest BCUT2D eigenvalue weighted by Gasteiger charge is -2.01. The minimum absolute atomic E-state index is 0.502. The number of nitrogens with zero attached hydrogens (tertiary/aromatic N) is 1. The SMILES string of the molecule is CCOCc1nc(=S)cc(C)[nH]1. The molecule has 0 amide bonds. The zero-order valence-corrected chi connectivity index (χ0v) is 8.07. The van der Waals surface area contributed by atoms with E-state index < -0.39 is 0 Å². The summed E-state index contributed by atoms with van der Waals surface area (Å²) >= 11 is 4.95. The summed E-state index contributed by atoms with van der Waals surface area (Å²) in [5.41, 5.74) is 1.02. The number of aromatic nitrogens is 2. The molecule has 4 heteroatoms. The molecule has 12 heavy (non-hydrogen) atoms. The van der Waals surface area contributed by atoms with E-state index in [4.69, 9.17) is 17.0 Å². The quantitative estimate of drug-likeness (QED) is 0.730. The molecule has 0 bridgehead atoms. The van der Waals surface area contributed by atoms with Crippen molar-refractivity contribution in [1.29, 1.82) is 0 Å². The number of aryl methyl sites for hydroxylation is 1. The zero-order valence-electron chi connectivity index (χ0n) is 7.26. The van der Waals surface area contributed by atoms with Crippen molar-refractivity contribution in [1.82, 2.24) is 9.97 Å². The first-order valence-electron chi connectivity index (χ1n) is 3.87. The van der Waals surface area contributed by atoms with E-state index in [0.717, 1.165) is 11.5 Å². The van der Waals surface area contributed by atoms with Crippen molar-refractivity contribution < 1.29 is 4.74 Å². The van der Waals surface area contributed by atoms with Gasteiger partial charge in [0.05, 0.1) is 0 Å². The first-order valence-corrected chi connectivity index (χ1v) is 4.27. The van der Waals surface area contributed by atoms with Crippen LogP contribution in [-0.4, -0.2) is 16.6 Å². The smallest absolute Gasteiger partial charge is 0.133 e. The van der Waals surface area contributed by atoms with Gasteiger partial charge >= 0.3 is 0 Å². The summed E-state index contributed by atoms with van der Waals surface area (Å²) in [6.45, 7) is 5.09. The fraction of sp³-hybridized carbons (Fsp3) is 0.500. The highest BCUT2D eigenvalue weighted by Crippen LogP contribution is 1.97. The molecular formula is C8H12N2OS. The number of aromatic amines is 1. The van der Waals surface area contributed by atoms with Gasteiger partial charge in [0.2, 0.25) is 0 Å². The molecule has 0 saturated heterocycles. The molecule has 1 aromatic rings. The topological polar surface area (TPSA) is 37.9 Å². The average molecular weight is 184 g/mol. The fourth-order valence-electron chi connectivity index (χ4n) is 0.909. The van der Waals surface area contributed by atoms with Crippen molar-refractivity contribution in [3.63, 3.8) is 0 Å². The zero-order chi connectivity index (χ0) is 8.97. The molecule has 0 unspecified atom stereocenters. The van der Waals surface area contributed by atoms with Gasteiger partial charge in [0.15, 0.2) is 0 Å². The van der Waals surface area contributed by atoms with Crippen molar-refractivity contribution in [2.45, 2.75) is 20.5 Å². The number of ether oxygens (including phenoxy) is 1. The second-order valence-corrected chi connectivity index (χ2v) is 2.90. The van der Waals surface area contributed by atoms with Gasteiger partial charge in [-0.15, -0.1) is 0 Å². The second-order valence-electron chi connectivity index (χ2n) is 2.49. The second kappa shape index (κ2) is 4.33. The third-order valence-corrected chi connectivity index (χ3v) is 1.58. The molecule has 0 aliphatic rings. The van der Waals surface area contributed by atoms with Crippen molar-refractivity contribution in [3.8, 4) is 0 Å². The van der Waals surface area contributed by atoms with E-state index >= 15 is 0 Å². The summed E-state index contributed by atoms with van der Waals surface area (Å²) in [6.07, 6.45) is 0. The lowest BCUT2D eigenvalue weighted by Crippen LogP contribution is -2.00. The summed E-state index contributed by atoms with van der Waals surface area (Å²) in [5.74, 6) is 0.793. The van der Waals surface area contributed by atoms with E-state index in [0.29, 0.717) is 17.9 Å². The molecule has 0 radical (unpaired) electrons. The predicted octanol–water partition coefficient (Wildman–Crippen LogP) is 1.98. The molecule has 3 nitrogen and oxygen atoms in total. The van der Waals surface area contributed by atoms with Crippen LogP contribution in [0.1, 0.15) is 18.4 Å². The van der Waals surface area contributed by atoms with Gasteiger partial charge in [-0.2, -0.15) is 0 Å². The van der Waals surface area contributed by atoms with Crippen LogP contribution in [0.2, 0.25) is 0 Å². The number of hydrogen-bond donors (Lipinski definition) is 1. The monoisotopic (exact) mass is 184 g/mol. The Morgan fingerprint density at radius 1 is 1.67 bits per heavy atom. The molecule has 0 aromatic carbocycles. The lowest BCUT2D eigenvalue weighted by molar-refractivity contribution is 0.128. The van der Waals surface area contributed by atoms with Gasteiger partial charge in [-0.3, -0.25) is 0 Å². The van der Waals surface area contributed by atoms with E-state index in [2.05, 4.69) is 9.97 Å². The highest BCUT2D eigenvalue weighted by atomic mass is 32.1. The largest absolute Gasteiger partial charge is 0.374 e. The highest BCUT2D eigenvalue weighted by molar-refractivity contribution is 7.71. The summed E-state index contributed by atoms with van der Waals surface area (Å²) < 4.78 is 5.80. The van der Waals surface area contributed by atoms with Gasteiger partial charge in [0.25, 0.3) is 0 Å². The van der Waals surface area contributed by atoms with Gasteiger partial charge in [-0.25, -0.2) is 4.98 Å². The Bertz CT molecular complexity index is 308. The molecule has 1 N–H and O–H groups in total. The summed E-state index contributed by atoms with van der Waals surface area (Å²) in [5, 5.41) is 0. The van der Waals surface area contributed by atoms with Crippen LogP contribution in [0.25, 0.3) is 0 Å². The van der Waals surface area contributed by atoms with E-state index in [-0.39, 0.29) is 0 Å². The third kappa shape index (κ3) is 2.71. The van der Waals surface area contributed by atoms with Crippen LogP contribution in [0.5, 0.6) is 0 Å². The maximum Gasteiger partial charge on any atom is 0.133 e. The van der Waals surface area contributed by atoms with Gasteiger partial charge in [-0.1, -0.05) is 12.2 Å². The molecule has 1 aromatic heterocycles. The van der Waals surface area contributed by atoms with E-state index in [1.807, 2.05) is 19.9 Å². The normalized spacial score (nSPS) is 10.2. The maximum absolute atomic E-state index is 5.19. The van der Waals surface area contributed by atoms with Crippen molar-refractivity contribution in [3.05, 3.63) is 22.2 Å². The Morgan fingerprint density at radius 2 is 2.42 bits per heavy atom. The first kappa shape index (κ1) is 9.35. The third-order valence-electron chi connectivity index (χ3n) is 1.37. The van der Waals surface area contributed by atoms with Crippen LogP contribution in [0, 0.1) is 11.6 Å². The highest BCUT2D eigenvalue weighted by Gasteiger charge is 1.94. The molecule has 0 saturated carbocycles. The van der Waals surface area contributed by atoms with Crippen LogP contribution < -0.4 is 0 Å². The van der Waals surface area contributed by atoms with Crippen molar-refractivity contribution >= 4 is 12.2 Å². The van der Waals surface area contributed by atoms with Gasteiger partial charge in [0, 0.05) is 12.3 Å². The number of H-pyrrole nitrogens is 1. The van der Waals surface area contributed by atoms with Crippen LogP contribution in [0.3, 0.4) is 0 Å². The van der Waals surface area contributed by atoms with E-state index in [1.54, 1.807) is 0 Å². The molecule has 0 fully saturated rings. The molecule has 1 rings (SSSR count). The molecule has 0 aliphatic carbocycles. The number of nitrogens with one attached hydrogen (secondary N) is 1. The fourth-order valence-corrected chi connectivity index (χ4v) is 1.20. The minimum atomic E-state index is 0.502. The molecule has 0 aliphatic heterocycles. The predicted molar refractivity (Wildman–Crippen MR) is 49.5 cm³/mol. The Kier molecular flexibility index (Phi) is 3.37. The standard InChI is InChI=1S/C8H12N2OS/c1-3-11-5-7-9-6(2)4-8(12)10-7/h4H,3,5H2,1-2H3,(H,9,10,12). The van der Waals surface area contributed by atoms with Crippen LogP contribution in [0.4, 0.5) is 0 Å². The molecular weight excluding hydrogens is 172 g/mol. The number of hydrogen-bond acceptors (Lipinski definition) is 3. The summed E-state index contributed by atoms with van der Waals surface area (Å²) in [4.78, 5) is 7.19.